The van der Waals surface area contributed by atoms with Gasteiger partial charge in [-0.3, -0.25) is 14.8 Å². The highest BCUT2D eigenvalue weighted by Crippen LogP contribution is 2.24. The minimum Gasteiger partial charge on any atom is -0.444 e. The molecule has 1 aliphatic heterocycles. The van der Waals surface area contributed by atoms with E-state index >= 15 is 0 Å². The van der Waals surface area contributed by atoms with Gasteiger partial charge in [0.25, 0.3) is 0 Å². The minimum atomic E-state index is -0.509. The van der Waals surface area contributed by atoms with E-state index in [9.17, 15) is 14.9 Å². The molecule has 0 spiro atoms. The lowest BCUT2D eigenvalue weighted by Gasteiger charge is -2.26. The van der Waals surface area contributed by atoms with Crippen LogP contribution >= 0.6 is 0 Å². The molecule has 2 rings (SSSR count). The summed E-state index contributed by atoms with van der Waals surface area (Å²) in [4.78, 5) is 24.1. The van der Waals surface area contributed by atoms with Gasteiger partial charge >= 0.3 is 11.8 Å². The van der Waals surface area contributed by atoms with Crippen LogP contribution in [0.5, 0.6) is 0 Å². The summed E-state index contributed by atoms with van der Waals surface area (Å²) in [7, 11) is 0. The molecule has 0 aromatic carbocycles. The fraction of sp³-hybridized carbons (Fsp3) is 0.714. The third kappa shape index (κ3) is 4.19. The lowest BCUT2D eigenvalue weighted by molar-refractivity contribution is -0.385. The molecule has 1 atom stereocenters. The van der Waals surface area contributed by atoms with Gasteiger partial charge in [0.2, 0.25) is 0 Å². The Bertz CT molecular complexity index is 549. The molecule has 1 aromatic rings. The fourth-order valence-electron chi connectivity index (χ4n) is 2.47. The predicted octanol–water partition coefficient (Wildman–Crippen LogP) is 2.75. The van der Waals surface area contributed by atoms with Crippen LogP contribution in [0.1, 0.15) is 46.1 Å². The number of hydrogen-bond donors (Lipinski definition) is 0. The zero-order valence-corrected chi connectivity index (χ0v) is 13.2. The van der Waals surface area contributed by atoms with Crippen molar-refractivity contribution in [1.29, 1.82) is 0 Å². The Morgan fingerprint density at radius 1 is 1.41 bits per heavy atom. The molecule has 0 bridgehead atoms. The molecule has 0 radical (unpaired) electrons. The normalized spacial score (nSPS) is 19.6. The predicted molar refractivity (Wildman–Crippen MR) is 79.6 cm³/mol. The van der Waals surface area contributed by atoms with E-state index in [1.54, 1.807) is 9.58 Å². The number of rotatable bonds is 2. The topological polar surface area (TPSA) is 90.5 Å². The molecule has 22 heavy (non-hydrogen) atoms. The number of nitrogens with zero attached hydrogens (tertiary/aromatic N) is 4. The van der Waals surface area contributed by atoms with E-state index in [-0.39, 0.29) is 17.8 Å². The number of aromatic nitrogens is 2. The highest BCUT2D eigenvalue weighted by Gasteiger charge is 2.26. The van der Waals surface area contributed by atoms with Crippen molar-refractivity contribution in [2.75, 3.05) is 13.1 Å². The summed E-state index contributed by atoms with van der Waals surface area (Å²) < 4.78 is 7.02. The van der Waals surface area contributed by atoms with Crippen molar-refractivity contribution in [3.8, 4) is 0 Å². The Balaban J connectivity index is 1.97. The van der Waals surface area contributed by atoms with Gasteiger partial charge in [-0.2, -0.15) is 5.10 Å². The van der Waals surface area contributed by atoms with E-state index in [2.05, 4.69) is 5.10 Å². The van der Waals surface area contributed by atoms with E-state index in [1.165, 1.54) is 12.4 Å². The Morgan fingerprint density at radius 2 is 2.14 bits per heavy atom. The van der Waals surface area contributed by atoms with Gasteiger partial charge in [-0.1, -0.05) is 0 Å². The van der Waals surface area contributed by atoms with Crippen molar-refractivity contribution >= 4 is 11.8 Å². The Labute approximate surface area is 129 Å². The van der Waals surface area contributed by atoms with Crippen LogP contribution in [-0.2, 0) is 4.74 Å². The summed E-state index contributed by atoms with van der Waals surface area (Å²) in [6.07, 6.45) is 4.76. The maximum Gasteiger partial charge on any atom is 0.410 e. The molecule has 8 nitrogen and oxygen atoms in total. The van der Waals surface area contributed by atoms with Crippen LogP contribution in [0.3, 0.4) is 0 Å². The quantitative estimate of drug-likeness (QED) is 0.619. The van der Waals surface area contributed by atoms with Gasteiger partial charge in [0.1, 0.15) is 18.0 Å². The summed E-state index contributed by atoms with van der Waals surface area (Å²) in [6.45, 7) is 6.72. The Hall–Kier alpha value is -2.12. The van der Waals surface area contributed by atoms with Crippen molar-refractivity contribution < 1.29 is 14.5 Å². The van der Waals surface area contributed by atoms with E-state index < -0.39 is 10.5 Å². The van der Waals surface area contributed by atoms with E-state index in [4.69, 9.17) is 4.74 Å². The van der Waals surface area contributed by atoms with E-state index in [0.717, 1.165) is 12.8 Å². The standard InChI is InChI=1S/C14H22N4O4/c1-14(2,3)22-13(19)16-7-4-5-11(6-8-16)17-10-12(9-15-17)18(20)21/h9-11H,4-8H2,1-3H3/t11-/m0/s1. The molecule has 0 N–H and O–H groups in total. The second-order valence-electron chi connectivity index (χ2n) is 6.49. The first-order valence-corrected chi connectivity index (χ1v) is 7.43. The van der Waals surface area contributed by atoms with Crippen LogP contribution in [-0.4, -0.2) is 44.4 Å². The smallest absolute Gasteiger partial charge is 0.410 e. The van der Waals surface area contributed by atoms with Crippen LogP contribution < -0.4 is 0 Å². The molecule has 1 aromatic heterocycles. The highest BCUT2D eigenvalue weighted by molar-refractivity contribution is 5.68. The molecular formula is C14H22N4O4. The van der Waals surface area contributed by atoms with Gasteiger partial charge in [0, 0.05) is 13.1 Å². The number of hydrogen-bond acceptors (Lipinski definition) is 5. The van der Waals surface area contributed by atoms with Crippen molar-refractivity contribution in [3.63, 3.8) is 0 Å². The molecule has 2 heterocycles. The van der Waals surface area contributed by atoms with E-state index in [1.807, 2.05) is 20.8 Å². The van der Waals surface area contributed by atoms with Crippen LogP contribution in [0.4, 0.5) is 10.5 Å². The van der Waals surface area contributed by atoms with Crippen LogP contribution in [0.25, 0.3) is 0 Å². The monoisotopic (exact) mass is 310 g/mol. The number of amides is 1. The first kappa shape index (κ1) is 16.3. The molecule has 0 aliphatic carbocycles. The maximum absolute atomic E-state index is 12.1. The van der Waals surface area contributed by atoms with Gasteiger partial charge in [0.05, 0.1) is 11.0 Å². The zero-order valence-electron chi connectivity index (χ0n) is 13.2. The molecule has 0 saturated carbocycles. The SMILES string of the molecule is CC(C)(C)OC(=O)N1CCC[C@H](n2cc([N+](=O)[O-])cn2)CC1. The first-order chi connectivity index (χ1) is 10.3. The summed E-state index contributed by atoms with van der Waals surface area (Å²) in [5.41, 5.74) is -0.515. The molecule has 1 amide bonds. The number of ether oxygens (including phenoxy) is 1. The average molecular weight is 310 g/mol. The first-order valence-electron chi connectivity index (χ1n) is 7.43. The summed E-state index contributed by atoms with van der Waals surface area (Å²) in [5.74, 6) is 0. The maximum atomic E-state index is 12.1. The third-order valence-corrected chi connectivity index (χ3v) is 3.52. The Morgan fingerprint density at radius 3 is 2.73 bits per heavy atom. The van der Waals surface area contributed by atoms with Gasteiger partial charge in [-0.15, -0.1) is 0 Å². The van der Waals surface area contributed by atoms with Gasteiger partial charge in [0.15, 0.2) is 0 Å². The molecule has 1 aliphatic rings. The van der Waals surface area contributed by atoms with Gasteiger partial charge in [-0.05, 0) is 40.0 Å². The Kier molecular flexibility index (Phi) is 4.68. The summed E-state index contributed by atoms with van der Waals surface area (Å²) in [5, 5.41) is 14.8. The average Bonchev–Trinajstić information content (AvgIpc) is 2.75. The van der Waals surface area contributed by atoms with Crippen molar-refractivity contribution in [2.24, 2.45) is 0 Å². The van der Waals surface area contributed by atoms with E-state index in [0.29, 0.717) is 19.5 Å². The van der Waals surface area contributed by atoms with Crippen molar-refractivity contribution in [3.05, 3.63) is 22.5 Å². The molecule has 1 saturated heterocycles. The van der Waals surface area contributed by atoms with Gasteiger partial charge in [-0.25, -0.2) is 4.79 Å². The summed E-state index contributed by atoms with van der Waals surface area (Å²) >= 11 is 0. The number of carbonyl (C=O) groups excluding carboxylic acids is 1. The fourth-order valence-corrected chi connectivity index (χ4v) is 2.47. The molecular weight excluding hydrogens is 288 g/mol. The number of carbonyl (C=O) groups is 1. The molecule has 122 valence electrons. The minimum absolute atomic E-state index is 0.00625. The second kappa shape index (κ2) is 6.33. The largest absolute Gasteiger partial charge is 0.444 e. The molecule has 8 heteroatoms. The van der Waals surface area contributed by atoms with Crippen LogP contribution in [0.2, 0.25) is 0 Å². The van der Waals surface area contributed by atoms with Crippen LogP contribution in [0, 0.1) is 10.1 Å². The second-order valence-corrected chi connectivity index (χ2v) is 6.49. The number of nitro groups is 1. The highest BCUT2D eigenvalue weighted by atomic mass is 16.6. The lowest BCUT2D eigenvalue weighted by Crippen LogP contribution is -2.37. The van der Waals surface area contributed by atoms with Crippen molar-refractivity contribution in [1.82, 2.24) is 14.7 Å². The van der Waals surface area contributed by atoms with Gasteiger partial charge < -0.3 is 9.64 Å². The lowest BCUT2D eigenvalue weighted by atomic mass is 10.1. The third-order valence-electron chi connectivity index (χ3n) is 3.52. The zero-order chi connectivity index (χ0) is 16.3. The van der Waals surface area contributed by atoms with Crippen molar-refractivity contribution in [2.45, 2.75) is 51.7 Å². The molecule has 0 unspecified atom stereocenters. The number of likely N-dealkylation sites (tertiary alicyclic amines) is 1. The van der Waals surface area contributed by atoms with Crippen LogP contribution in [0.15, 0.2) is 12.4 Å². The summed E-state index contributed by atoms with van der Waals surface area (Å²) in [6, 6.07) is 0.0705. The molecule has 1 fully saturated rings.